The molecular weight excluding hydrogens is 246 g/mol. The number of carbonyl (C=O) groups excluding carboxylic acids is 2. The van der Waals surface area contributed by atoms with E-state index in [2.05, 4.69) is 5.32 Å². The molecule has 1 N–H and O–H groups in total. The van der Waals surface area contributed by atoms with Gasteiger partial charge in [0.25, 0.3) is 11.5 Å². The molecule has 0 aliphatic carbocycles. The van der Waals surface area contributed by atoms with Crippen LogP contribution in [0.5, 0.6) is 0 Å². The maximum absolute atomic E-state index is 12.1. The molecule has 0 fully saturated rings. The van der Waals surface area contributed by atoms with E-state index in [1.54, 1.807) is 40.3 Å². The lowest BCUT2D eigenvalue weighted by Gasteiger charge is -2.20. The summed E-state index contributed by atoms with van der Waals surface area (Å²) in [6.45, 7) is 2.04. The van der Waals surface area contributed by atoms with Gasteiger partial charge in [-0.1, -0.05) is 6.92 Å². The number of hydrogen-bond acceptors (Lipinski definition) is 3. The Morgan fingerprint density at radius 3 is 2.63 bits per heavy atom. The Morgan fingerprint density at radius 1 is 1.47 bits per heavy atom. The minimum Gasteiger partial charge on any atom is -0.359 e. The minimum atomic E-state index is -0.300. The van der Waals surface area contributed by atoms with E-state index in [1.165, 1.54) is 15.5 Å². The van der Waals surface area contributed by atoms with E-state index < -0.39 is 0 Å². The molecule has 2 amide bonds. The summed E-state index contributed by atoms with van der Waals surface area (Å²) in [6, 6.07) is 2.88. The van der Waals surface area contributed by atoms with Gasteiger partial charge in [0.2, 0.25) is 5.91 Å². The first-order valence-electron chi connectivity index (χ1n) is 6.00. The summed E-state index contributed by atoms with van der Waals surface area (Å²) in [5.74, 6) is -0.692. The Balaban J connectivity index is 2.79. The first kappa shape index (κ1) is 14.9. The first-order valence-corrected chi connectivity index (χ1v) is 6.00. The fraction of sp³-hybridized carbons (Fsp3) is 0.462. The molecule has 0 aliphatic rings. The third-order valence-corrected chi connectivity index (χ3v) is 2.94. The van der Waals surface area contributed by atoms with Crippen LogP contribution >= 0.6 is 0 Å². The van der Waals surface area contributed by atoms with Gasteiger partial charge in [0.15, 0.2) is 0 Å². The molecule has 1 aromatic heterocycles. The Morgan fingerprint density at radius 2 is 2.11 bits per heavy atom. The van der Waals surface area contributed by atoms with Gasteiger partial charge in [-0.05, 0) is 6.07 Å². The van der Waals surface area contributed by atoms with Crippen LogP contribution in [0.3, 0.4) is 0 Å². The van der Waals surface area contributed by atoms with Crippen molar-refractivity contribution in [1.29, 1.82) is 0 Å². The van der Waals surface area contributed by atoms with Gasteiger partial charge < -0.3 is 14.8 Å². The number of nitrogens with one attached hydrogen (secondary N) is 1. The number of nitrogens with zero attached hydrogens (tertiary/aromatic N) is 2. The van der Waals surface area contributed by atoms with E-state index in [0.29, 0.717) is 12.1 Å². The van der Waals surface area contributed by atoms with Crippen LogP contribution < -0.4 is 10.9 Å². The van der Waals surface area contributed by atoms with Gasteiger partial charge in [-0.3, -0.25) is 14.4 Å². The Bertz CT molecular complexity index is 536. The molecule has 0 spiro atoms. The van der Waals surface area contributed by atoms with Crippen molar-refractivity contribution in [3.05, 3.63) is 34.2 Å². The Kier molecular flexibility index (Phi) is 4.86. The summed E-state index contributed by atoms with van der Waals surface area (Å²) >= 11 is 0. The van der Waals surface area contributed by atoms with Crippen LogP contribution in [0.2, 0.25) is 0 Å². The van der Waals surface area contributed by atoms with E-state index in [9.17, 15) is 14.4 Å². The van der Waals surface area contributed by atoms with Crippen LogP contribution in [0.1, 0.15) is 17.3 Å². The number of carbonyl (C=O) groups is 2. The lowest BCUT2D eigenvalue weighted by molar-refractivity contribution is -0.124. The van der Waals surface area contributed by atoms with E-state index >= 15 is 0 Å². The van der Waals surface area contributed by atoms with Gasteiger partial charge in [-0.15, -0.1) is 0 Å². The second-order valence-electron chi connectivity index (χ2n) is 4.57. The monoisotopic (exact) mass is 265 g/mol. The molecule has 1 rings (SSSR count). The predicted molar refractivity (Wildman–Crippen MR) is 71.9 cm³/mol. The van der Waals surface area contributed by atoms with Gasteiger partial charge in [-0.25, -0.2) is 0 Å². The number of pyridine rings is 1. The molecule has 0 radical (unpaired) electrons. The normalized spacial score (nSPS) is 11.8. The molecule has 1 atom stereocenters. The van der Waals surface area contributed by atoms with Crippen molar-refractivity contribution >= 4 is 11.8 Å². The Hall–Kier alpha value is -2.11. The topological polar surface area (TPSA) is 71.4 Å². The molecular formula is C13H19N3O3. The molecule has 104 valence electrons. The maximum atomic E-state index is 12.1. The van der Waals surface area contributed by atoms with Gasteiger partial charge in [0.05, 0.1) is 5.92 Å². The van der Waals surface area contributed by atoms with Crippen LogP contribution in [0.4, 0.5) is 0 Å². The van der Waals surface area contributed by atoms with Crippen molar-refractivity contribution in [1.82, 2.24) is 14.8 Å². The SMILES string of the molecule is CNC(=O)C(C)CN(C)C(=O)c1ccn(C)c(=O)c1. The minimum absolute atomic E-state index is 0.122. The number of amides is 2. The zero-order valence-electron chi connectivity index (χ0n) is 11.6. The van der Waals surface area contributed by atoms with Gasteiger partial charge in [0, 0.05) is 45.5 Å². The third kappa shape index (κ3) is 3.67. The molecule has 6 nitrogen and oxygen atoms in total. The zero-order chi connectivity index (χ0) is 14.6. The molecule has 0 saturated carbocycles. The molecule has 1 aromatic rings. The molecule has 0 aromatic carbocycles. The standard InChI is InChI=1S/C13H19N3O3/c1-9(12(18)14-2)8-16(4)13(19)10-5-6-15(3)11(17)7-10/h5-7,9H,8H2,1-4H3,(H,14,18). The maximum Gasteiger partial charge on any atom is 0.253 e. The molecule has 0 aliphatic heterocycles. The summed E-state index contributed by atoms with van der Waals surface area (Å²) in [5, 5.41) is 2.54. The molecule has 6 heteroatoms. The highest BCUT2D eigenvalue weighted by Gasteiger charge is 2.18. The van der Waals surface area contributed by atoms with Gasteiger partial charge in [-0.2, -0.15) is 0 Å². The summed E-state index contributed by atoms with van der Waals surface area (Å²) in [7, 11) is 4.79. The molecule has 0 bridgehead atoms. The average Bonchev–Trinajstić information content (AvgIpc) is 2.39. The zero-order valence-corrected chi connectivity index (χ0v) is 11.6. The molecule has 1 unspecified atom stereocenters. The third-order valence-electron chi connectivity index (χ3n) is 2.94. The van der Waals surface area contributed by atoms with Crippen molar-refractivity contribution in [2.45, 2.75) is 6.92 Å². The lowest BCUT2D eigenvalue weighted by Crippen LogP contribution is -2.37. The fourth-order valence-corrected chi connectivity index (χ4v) is 1.72. The van der Waals surface area contributed by atoms with Crippen molar-refractivity contribution in [2.75, 3.05) is 20.6 Å². The number of hydrogen-bond donors (Lipinski definition) is 1. The van der Waals surface area contributed by atoms with Crippen LogP contribution in [0.25, 0.3) is 0 Å². The van der Waals surface area contributed by atoms with Crippen molar-refractivity contribution in [3.8, 4) is 0 Å². The van der Waals surface area contributed by atoms with Crippen molar-refractivity contribution < 1.29 is 9.59 Å². The van der Waals surface area contributed by atoms with E-state index in [1.807, 2.05) is 0 Å². The van der Waals surface area contributed by atoms with Gasteiger partial charge in [0.1, 0.15) is 0 Å². The average molecular weight is 265 g/mol. The number of aromatic nitrogens is 1. The second-order valence-corrected chi connectivity index (χ2v) is 4.57. The fourth-order valence-electron chi connectivity index (χ4n) is 1.72. The smallest absolute Gasteiger partial charge is 0.253 e. The Labute approximate surface area is 112 Å². The van der Waals surface area contributed by atoms with E-state index in [4.69, 9.17) is 0 Å². The molecule has 19 heavy (non-hydrogen) atoms. The van der Waals surface area contributed by atoms with Crippen LogP contribution in [-0.2, 0) is 11.8 Å². The van der Waals surface area contributed by atoms with Crippen LogP contribution in [0.15, 0.2) is 23.1 Å². The van der Waals surface area contributed by atoms with E-state index in [0.717, 1.165) is 0 Å². The largest absolute Gasteiger partial charge is 0.359 e. The quantitative estimate of drug-likeness (QED) is 0.822. The summed E-state index contributed by atoms with van der Waals surface area (Å²) in [5.41, 5.74) is 0.0910. The number of rotatable bonds is 4. The second kappa shape index (κ2) is 6.17. The number of aryl methyl sites for hydroxylation is 1. The van der Waals surface area contributed by atoms with Crippen molar-refractivity contribution in [2.24, 2.45) is 13.0 Å². The lowest BCUT2D eigenvalue weighted by atomic mass is 10.1. The van der Waals surface area contributed by atoms with Crippen molar-refractivity contribution in [3.63, 3.8) is 0 Å². The molecule has 1 heterocycles. The highest BCUT2D eigenvalue weighted by atomic mass is 16.2. The van der Waals surface area contributed by atoms with E-state index in [-0.39, 0.29) is 23.3 Å². The summed E-state index contributed by atoms with van der Waals surface area (Å²) < 4.78 is 1.39. The summed E-state index contributed by atoms with van der Waals surface area (Å²) in [6.07, 6.45) is 1.55. The van der Waals surface area contributed by atoms with Crippen LogP contribution in [-0.4, -0.2) is 41.9 Å². The highest BCUT2D eigenvalue weighted by Crippen LogP contribution is 2.04. The predicted octanol–water partition coefficient (Wildman–Crippen LogP) is -0.161. The highest BCUT2D eigenvalue weighted by molar-refractivity contribution is 5.94. The molecule has 0 saturated heterocycles. The van der Waals surface area contributed by atoms with Crippen LogP contribution in [0, 0.1) is 5.92 Å². The first-order chi connectivity index (χ1) is 8.86. The summed E-state index contributed by atoms with van der Waals surface area (Å²) in [4.78, 5) is 36.4. The van der Waals surface area contributed by atoms with Gasteiger partial charge >= 0.3 is 0 Å².